The van der Waals surface area contributed by atoms with E-state index in [-0.39, 0.29) is 18.3 Å². The number of rotatable bonds is 4. The standard InChI is InChI=1S/C20H20FN7O/c1-27-9-13(7-24-27)14-4-15-17(5-16(14)21)25-26-20(15)18-6-19(23-11-22-18)28-3-2-12(8-28)10-29/h4-7,9,11-12,29H,2-3,8,10H2,1H3,(H,25,26). The molecule has 1 aliphatic rings. The van der Waals surface area contributed by atoms with Crippen LogP contribution in [0.25, 0.3) is 33.4 Å². The van der Waals surface area contributed by atoms with E-state index in [9.17, 15) is 9.50 Å². The third kappa shape index (κ3) is 3.13. The second-order valence-electron chi connectivity index (χ2n) is 7.40. The van der Waals surface area contributed by atoms with Crippen molar-refractivity contribution >= 4 is 16.7 Å². The van der Waals surface area contributed by atoms with Crippen LogP contribution in [0.1, 0.15) is 6.42 Å². The predicted octanol–water partition coefficient (Wildman–Crippen LogP) is 2.38. The number of benzene rings is 1. The first-order valence-corrected chi connectivity index (χ1v) is 9.47. The van der Waals surface area contributed by atoms with Gasteiger partial charge in [0.2, 0.25) is 0 Å². The Kier molecular flexibility index (Phi) is 4.24. The van der Waals surface area contributed by atoms with Crippen molar-refractivity contribution < 1.29 is 9.50 Å². The second kappa shape index (κ2) is 6.93. The Hall–Kier alpha value is -3.33. The van der Waals surface area contributed by atoms with Gasteiger partial charge in [-0.3, -0.25) is 9.78 Å². The maximum atomic E-state index is 14.6. The predicted molar refractivity (Wildman–Crippen MR) is 107 cm³/mol. The molecule has 0 saturated carbocycles. The topological polar surface area (TPSA) is 95.7 Å². The molecule has 0 aliphatic carbocycles. The SMILES string of the molecule is Cn1cc(-c2cc3c(-c4cc(N5CCC(CO)C5)ncn4)n[nH]c3cc2F)cn1. The van der Waals surface area contributed by atoms with Crippen LogP contribution in [0.3, 0.4) is 0 Å². The third-order valence-corrected chi connectivity index (χ3v) is 5.43. The Morgan fingerprint density at radius 3 is 2.93 bits per heavy atom. The van der Waals surface area contributed by atoms with Gasteiger partial charge in [0, 0.05) is 67.5 Å². The number of aliphatic hydroxyl groups excluding tert-OH is 1. The molecule has 4 heterocycles. The van der Waals surface area contributed by atoms with Crippen LogP contribution in [-0.2, 0) is 7.05 Å². The number of anilines is 1. The summed E-state index contributed by atoms with van der Waals surface area (Å²) in [6, 6.07) is 5.12. The molecule has 1 unspecified atom stereocenters. The number of fused-ring (bicyclic) bond motifs is 1. The molecule has 8 nitrogen and oxygen atoms in total. The van der Waals surface area contributed by atoms with E-state index in [4.69, 9.17) is 0 Å². The molecule has 29 heavy (non-hydrogen) atoms. The third-order valence-electron chi connectivity index (χ3n) is 5.43. The number of nitrogens with zero attached hydrogens (tertiary/aromatic N) is 6. The molecular formula is C20H20FN7O. The van der Waals surface area contributed by atoms with E-state index in [1.165, 1.54) is 12.4 Å². The lowest BCUT2D eigenvalue weighted by Crippen LogP contribution is -2.21. The lowest BCUT2D eigenvalue weighted by molar-refractivity contribution is 0.238. The molecule has 2 N–H and O–H groups in total. The molecule has 9 heteroatoms. The summed E-state index contributed by atoms with van der Waals surface area (Å²) in [6.45, 7) is 1.80. The monoisotopic (exact) mass is 393 g/mol. The fraction of sp³-hybridized carbons (Fsp3) is 0.300. The van der Waals surface area contributed by atoms with E-state index in [1.807, 2.05) is 6.07 Å². The normalized spacial score (nSPS) is 16.8. The van der Waals surface area contributed by atoms with Crippen molar-refractivity contribution in [1.29, 1.82) is 0 Å². The highest BCUT2D eigenvalue weighted by atomic mass is 19.1. The minimum atomic E-state index is -0.337. The first-order chi connectivity index (χ1) is 14.1. The van der Waals surface area contributed by atoms with Crippen molar-refractivity contribution in [1.82, 2.24) is 29.9 Å². The first kappa shape index (κ1) is 17.7. The molecule has 0 spiro atoms. The van der Waals surface area contributed by atoms with Crippen molar-refractivity contribution in [3.05, 3.63) is 42.7 Å². The van der Waals surface area contributed by atoms with Gasteiger partial charge in [-0.1, -0.05) is 0 Å². The van der Waals surface area contributed by atoms with Crippen LogP contribution >= 0.6 is 0 Å². The average Bonchev–Trinajstić information content (AvgIpc) is 3.46. The first-order valence-electron chi connectivity index (χ1n) is 9.47. The van der Waals surface area contributed by atoms with Crippen LogP contribution in [0.2, 0.25) is 0 Å². The maximum absolute atomic E-state index is 14.6. The van der Waals surface area contributed by atoms with Crippen LogP contribution in [-0.4, -0.2) is 54.7 Å². The molecule has 148 valence electrons. The van der Waals surface area contributed by atoms with E-state index in [2.05, 4.69) is 30.2 Å². The van der Waals surface area contributed by atoms with Crippen LogP contribution in [0.4, 0.5) is 10.2 Å². The van der Waals surface area contributed by atoms with Gasteiger partial charge in [-0.25, -0.2) is 14.4 Å². The number of hydrogen-bond acceptors (Lipinski definition) is 6. The Morgan fingerprint density at radius 2 is 2.17 bits per heavy atom. The van der Waals surface area contributed by atoms with Crippen molar-refractivity contribution in [3.63, 3.8) is 0 Å². The molecule has 0 bridgehead atoms. The summed E-state index contributed by atoms with van der Waals surface area (Å²) in [7, 11) is 1.80. The summed E-state index contributed by atoms with van der Waals surface area (Å²) in [4.78, 5) is 10.9. The molecule has 4 aromatic rings. The van der Waals surface area contributed by atoms with Gasteiger partial charge >= 0.3 is 0 Å². The van der Waals surface area contributed by atoms with E-state index >= 15 is 0 Å². The van der Waals surface area contributed by atoms with Gasteiger partial charge in [-0.05, 0) is 12.5 Å². The van der Waals surface area contributed by atoms with E-state index in [1.54, 1.807) is 30.2 Å². The molecular weight excluding hydrogens is 373 g/mol. The lowest BCUT2D eigenvalue weighted by Gasteiger charge is -2.17. The van der Waals surface area contributed by atoms with Crippen LogP contribution in [0.15, 0.2) is 36.9 Å². The number of aromatic amines is 1. The summed E-state index contributed by atoms with van der Waals surface area (Å²) >= 11 is 0. The zero-order valence-electron chi connectivity index (χ0n) is 15.9. The maximum Gasteiger partial charge on any atom is 0.133 e. The molecule has 1 aliphatic heterocycles. The molecule has 1 aromatic carbocycles. The van der Waals surface area contributed by atoms with Gasteiger partial charge in [-0.2, -0.15) is 10.2 Å². The van der Waals surface area contributed by atoms with Gasteiger partial charge in [0.1, 0.15) is 23.7 Å². The fourth-order valence-electron chi connectivity index (χ4n) is 3.85. The molecule has 0 amide bonds. The Bertz CT molecular complexity index is 1180. The zero-order valence-corrected chi connectivity index (χ0v) is 15.9. The molecule has 1 saturated heterocycles. The highest BCUT2D eigenvalue weighted by Gasteiger charge is 2.24. The van der Waals surface area contributed by atoms with Crippen LogP contribution in [0.5, 0.6) is 0 Å². The number of halogens is 1. The second-order valence-corrected chi connectivity index (χ2v) is 7.40. The number of aryl methyl sites for hydroxylation is 1. The minimum Gasteiger partial charge on any atom is -0.396 e. The van der Waals surface area contributed by atoms with Gasteiger partial charge in [-0.15, -0.1) is 0 Å². The number of hydrogen-bond donors (Lipinski definition) is 2. The van der Waals surface area contributed by atoms with Crippen molar-refractivity contribution in [2.45, 2.75) is 6.42 Å². The Balaban J connectivity index is 1.56. The Labute approximate surface area is 166 Å². The van der Waals surface area contributed by atoms with Gasteiger partial charge in [0.25, 0.3) is 0 Å². The van der Waals surface area contributed by atoms with Gasteiger partial charge < -0.3 is 10.0 Å². The Morgan fingerprint density at radius 1 is 1.28 bits per heavy atom. The number of H-pyrrole nitrogens is 1. The van der Waals surface area contributed by atoms with E-state index < -0.39 is 0 Å². The van der Waals surface area contributed by atoms with Crippen LogP contribution < -0.4 is 4.90 Å². The molecule has 5 rings (SSSR count). The van der Waals surface area contributed by atoms with E-state index in [0.29, 0.717) is 28.0 Å². The largest absolute Gasteiger partial charge is 0.396 e. The molecule has 1 atom stereocenters. The number of aliphatic hydroxyl groups is 1. The zero-order chi connectivity index (χ0) is 20.0. The summed E-state index contributed by atoms with van der Waals surface area (Å²) in [5.74, 6) is 0.734. The fourth-order valence-corrected chi connectivity index (χ4v) is 3.85. The summed E-state index contributed by atoms with van der Waals surface area (Å²) in [6.07, 6.45) is 5.87. The summed E-state index contributed by atoms with van der Waals surface area (Å²) in [5.41, 5.74) is 3.08. The highest BCUT2D eigenvalue weighted by molar-refractivity contribution is 5.95. The molecule has 3 aromatic heterocycles. The van der Waals surface area contributed by atoms with Gasteiger partial charge in [0.15, 0.2) is 0 Å². The lowest BCUT2D eigenvalue weighted by atomic mass is 10.0. The number of nitrogens with one attached hydrogen (secondary N) is 1. The summed E-state index contributed by atoms with van der Waals surface area (Å²) in [5, 5.41) is 21.6. The molecule has 1 fully saturated rings. The van der Waals surface area contributed by atoms with Crippen LogP contribution in [0, 0.1) is 11.7 Å². The quantitative estimate of drug-likeness (QED) is 0.553. The smallest absolute Gasteiger partial charge is 0.133 e. The van der Waals surface area contributed by atoms with Gasteiger partial charge in [0.05, 0.1) is 17.4 Å². The number of aromatic nitrogens is 6. The van der Waals surface area contributed by atoms with E-state index in [0.717, 1.165) is 30.7 Å². The van der Waals surface area contributed by atoms with Crippen molar-refractivity contribution in [2.24, 2.45) is 13.0 Å². The highest BCUT2D eigenvalue weighted by Crippen LogP contribution is 2.33. The van der Waals surface area contributed by atoms with Crippen molar-refractivity contribution in [3.8, 4) is 22.5 Å². The average molecular weight is 393 g/mol. The minimum absolute atomic E-state index is 0.182. The van der Waals surface area contributed by atoms with Crippen molar-refractivity contribution in [2.75, 3.05) is 24.6 Å². The summed E-state index contributed by atoms with van der Waals surface area (Å²) < 4.78 is 16.3. The molecule has 0 radical (unpaired) electrons.